The monoisotopic (exact) mass is 385 g/mol. The van der Waals surface area contributed by atoms with Gasteiger partial charge in [0.05, 0.1) is 6.54 Å². The van der Waals surface area contributed by atoms with E-state index in [2.05, 4.69) is 17.2 Å². The molecule has 0 saturated heterocycles. The van der Waals surface area contributed by atoms with Crippen molar-refractivity contribution in [2.75, 3.05) is 0 Å². The Morgan fingerprint density at radius 1 is 1.11 bits per heavy atom. The van der Waals surface area contributed by atoms with Crippen LogP contribution in [0.3, 0.4) is 0 Å². The fourth-order valence-electron chi connectivity index (χ4n) is 2.73. The zero-order valence-corrected chi connectivity index (χ0v) is 17.5. The van der Waals surface area contributed by atoms with Crippen LogP contribution in [-0.2, 0) is 13.0 Å². The van der Waals surface area contributed by atoms with Crippen molar-refractivity contribution < 1.29 is 14.0 Å². The Bertz CT molecular complexity index is 783. The van der Waals surface area contributed by atoms with Crippen molar-refractivity contribution >= 4 is 11.8 Å². The number of amides is 2. The first-order chi connectivity index (χ1) is 13.4. The second-order valence-corrected chi connectivity index (χ2v) is 7.15. The molecule has 2 aromatic rings. The van der Waals surface area contributed by atoms with Crippen LogP contribution < -0.4 is 5.32 Å². The van der Waals surface area contributed by atoms with Crippen LogP contribution in [0.25, 0.3) is 0 Å². The molecule has 0 fully saturated rings. The molecule has 1 N–H and O–H groups in total. The summed E-state index contributed by atoms with van der Waals surface area (Å²) in [4.78, 5) is 31.3. The van der Waals surface area contributed by atoms with Crippen LogP contribution in [-0.4, -0.2) is 33.8 Å². The van der Waals surface area contributed by atoms with E-state index in [1.54, 1.807) is 4.90 Å². The van der Waals surface area contributed by atoms with Gasteiger partial charge in [-0.15, -0.1) is 0 Å². The molecule has 152 valence electrons. The van der Waals surface area contributed by atoms with Crippen LogP contribution in [0, 0.1) is 0 Å². The summed E-state index contributed by atoms with van der Waals surface area (Å²) in [6, 6.07) is 7.75. The summed E-state index contributed by atoms with van der Waals surface area (Å²) in [5.74, 6) is 0.0230. The Kier molecular flexibility index (Phi) is 7.79. The predicted molar refractivity (Wildman–Crippen MR) is 109 cm³/mol. The molecular weight excluding hydrogens is 354 g/mol. The third-order valence-corrected chi connectivity index (χ3v) is 5.07. The molecule has 2 amide bonds. The van der Waals surface area contributed by atoms with Gasteiger partial charge in [0.15, 0.2) is 5.69 Å². The first-order valence-electron chi connectivity index (χ1n) is 10.0. The second kappa shape index (κ2) is 10.1. The molecule has 0 saturated carbocycles. The van der Waals surface area contributed by atoms with Gasteiger partial charge in [-0.25, -0.2) is 4.98 Å². The van der Waals surface area contributed by atoms with E-state index < -0.39 is 0 Å². The zero-order valence-electron chi connectivity index (χ0n) is 17.5. The third kappa shape index (κ3) is 5.44. The second-order valence-electron chi connectivity index (χ2n) is 7.15. The van der Waals surface area contributed by atoms with Crippen molar-refractivity contribution in [3.8, 4) is 0 Å². The van der Waals surface area contributed by atoms with Gasteiger partial charge in [-0.1, -0.05) is 32.9 Å². The van der Waals surface area contributed by atoms with E-state index in [0.29, 0.717) is 11.5 Å². The minimum Gasteiger partial charge on any atom is -0.446 e. The number of oxazole rings is 1. The average Bonchev–Trinajstić information content (AvgIpc) is 3.19. The van der Waals surface area contributed by atoms with E-state index in [9.17, 15) is 9.59 Å². The lowest BCUT2D eigenvalue weighted by atomic mass is 10.1. The summed E-state index contributed by atoms with van der Waals surface area (Å²) in [5, 5.41) is 2.86. The molecule has 1 heterocycles. The van der Waals surface area contributed by atoms with Gasteiger partial charge in [0, 0.05) is 17.6 Å². The molecule has 28 heavy (non-hydrogen) atoms. The highest BCUT2D eigenvalue weighted by atomic mass is 16.3. The van der Waals surface area contributed by atoms with E-state index in [1.807, 2.05) is 52.0 Å². The summed E-state index contributed by atoms with van der Waals surface area (Å²) < 4.78 is 5.48. The van der Waals surface area contributed by atoms with E-state index in [0.717, 1.165) is 19.3 Å². The molecule has 6 nitrogen and oxygen atoms in total. The molecule has 6 heteroatoms. The minimum atomic E-state index is -0.263. The average molecular weight is 386 g/mol. The molecule has 0 spiro atoms. The van der Waals surface area contributed by atoms with Crippen molar-refractivity contribution in [3.63, 3.8) is 0 Å². The lowest BCUT2D eigenvalue weighted by Crippen LogP contribution is -2.38. The smallest absolute Gasteiger partial charge is 0.273 e. The first kappa shape index (κ1) is 21.7. The van der Waals surface area contributed by atoms with Gasteiger partial charge >= 0.3 is 0 Å². The minimum absolute atomic E-state index is 0.0163. The Morgan fingerprint density at radius 3 is 2.36 bits per heavy atom. The number of hydrogen-bond acceptors (Lipinski definition) is 4. The summed E-state index contributed by atoms with van der Waals surface area (Å²) in [7, 11) is 0. The van der Waals surface area contributed by atoms with Gasteiger partial charge in [-0.05, 0) is 50.8 Å². The summed E-state index contributed by atoms with van der Waals surface area (Å²) in [5.41, 5.74) is 2.06. The van der Waals surface area contributed by atoms with Crippen molar-refractivity contribution in [2.24, 2.45) is 0 Å². The Hall–Kier alpha value is -2.63. The molecule has 0 bridgehead atoms. The maximum Gasteiger partial charge on any atom is 0.273 e. The van der Waals surface area contributed by atoms with Gasteiger partial charge in [-0.3, -0.25) is 9.59 Å². The van der Waals surface area contributed by atoms with Crippen LogP contribution in [0.2, 0.25) is 0 Å². The first-order valence-corrected chi connectivity index (χ1v) is 10.0. The largest absolute Gasteiger partial charge is 0.446 e. The maximum atomic E-state index is 13.1. The fraction of sp³-hybridized carbons (Fsp3) is 0.500. The Morgan fingerprint density at radius 2 is 1.79 bits per heavy atom. The quantitative estimate of drug-likeness (QED) is 0.702. The molecule has 0 radical (unpaired) electrons. The van der Waals surface area contributed by atoms with E-state index in [1.165, 1.54) is 11.8 Å². The number of aryl methyl sites for hydroxylation is 1. The standard InChI is InChI=1S/C22H31N3O3/c1-6-15(4)23-21(26)19-14-28-20(24-19)13-25(16(5)7-2)22(27)18-11-9-17(8-3)10-12-18/h9-12,14-16H,6-8,13H2,1-5H3,(H,23,26)/t15-,16-/m0/s1. The van der Waals surface area contributed by atoms with Crippen LogP contribution >= 0.6 is 0 Å². The van der Waals surface area contributed by atoms with Crippen molar-refractivity contribution in [3.05, 3.63) is 53.2 Å². The molecule has 0 aliphatic carbocycles. The lowest BCUT2D eigenvalue weighted by molar-refractivity contribution is 0.0652. The molecule has 0 aliphatic rings. The number of carbonyl (C=O) groups is 2. The molecule has 1 aromatic heterocycles. The number of carbonyl (C=O) groups excluding carboxylic acids is 2. The predicted octanol–water partition coefficient (Wildman–Crippen LogP) is 4.21. The van der Waals surface area contributed by atoms with E-state index in [4.69, 9.17) is 4.42 Å². The third-order valence-electron chi connectivity index (χ3n) is 5.07. The van der Waals surface area contributed by atoms with Crippen LogP contribution in [0.5, 0.6) is 0 Å². The van der Waals surface area contributed by atoms with E-state index in [-0.39, 0.29) is 36.1 Å². The number of benzene rings is 1. The molecule has 1 aromatic carbocycles. The number of nitrogens with one attached hydrogen (secondary N) is 1. The lowest BCUT2D eigenvalue weighted by Gasteiger charge is -2.27. The number of hydrogen-bond donors (Lipinski definition) is 1. The van der Waals surface area contributed by atoms with Gasteiger partial charge < -0.3 is 14.6 Å². The van der Waals surface area contributed by atoms with Crippen molar-refractivity contribution in [2.45, 2.75) is 72.5 Å². The summed E-state index contributed by atoms with van der Waals surface area (Å²) >= 11 is 0. The number of nitrogens with zero attached hydrogens (tertiary/aromatic N) is 2. The molecular formula is C22H31N3O3. The number of aromatic nitrogens is 1. The topological polar surface area (TPSA) is 75.4 Å². The van der Waals surface area contributed by atoms with Crippen LogP contribution in [0.4, 0.5) is 0 Å². The zero-order chi connectivity index (χ0) is 20.7. The van der Waals surface area contributed by atoms with Gasteiger partial charge in [-0.2, -0.15) is 0 Å². The van der Waals surface area contributed by atoms with E-state index >= 15 is 0 Å². The molecule has 2 atom stereocenters. The highest BCUT2D eigenvalue weighted by Gasteiger charge is 2.23. The Labute approximate surface area is 167 Å². The summed E-state index contributed by atoms with van der Waals surface area (Å²) in [6.07, 6.45) is 3.92. The van der Waals surface area contributed by atoms with Crippen molar-refractivity contribution in [1.82, 2.24) is 15.2 Å². The van der Waals surface area contributed by atoms with Gasteiger partial charge in [0.25, 0.3) is 11.8 Å². The molecule has 0 unspecified atom stereocenters. The molecule has 2 rings (SSSR count). The SMILES string of the molecule is CCc1ccc(C(=O)N(Cc2nc(C(=O)N[C@@H](C)CC)co2)[C@@H](C)CC)cc1. The Balaban J connectivity index is 2.16. The normalized spacial score (nSPS) is 13.0. The van der Waals surface area contributed by atoms with Crippen molar-refractivity contribution in [1.29, 1.82) is 0 Å². The summed E-state index contributed by atoms with van der Waals surface area (Å²) in [6.45, 7) is 10.3. The van der Waals surface area contributed by atoms with Gasteiger partial charge in [0.2, 0.25) is 5.89 Å². The highest BCUT2D eigenvalue weighted by Crippen LogP contribution is 2.16. The maximum absolute atomic E-state index is 13.1. The van der Waals surface area contributed by atoms with Crippen LogP contribution in [0.1, 0.15) is 79.8 Å². The fourth-order valence-corrected chi connectivity index (χ4v) is 2.73. The highest BCUT2D eigenvalue weighted by molar-refractivity contribution is 5.94. The van der Waals surface area contributed by atoms with Gasteiger partial charge in [0.1, 0.15) is 6.26 Å². The molecule has 0 aliphatic heterocycles. The van der Waals surface area contributed by atoms with Crippen LogP contribution in [0.15, 0.2) is 34.9 Å². The number of rotatable bonds is 9.